The number of rotatable bonds is 7. The Balaban J connectivity index is 0.000000344. The van der Waals surface area contributed by atoms with Crippen LogP contribution in [0.15, 0.2) is 5.38 Å². The van der Waals surface area contributed by atoms with E-state index >= 15 is 0 Å². The maximum absolute atomic E-state index is 9.23. The van der Waals surface area contributed by atoms with E-state index in [0.29, 0.717) is 0 Å². The summed E-state index contributed by atoms with van der Waals surface area (Å²) in [6, 6.07) is 0. The lowest BCUT2D eigenvalue weighted by Gasteiger charge is -2.01. The number of nitrogens with two attached hydrogens (primary N) is 1. The van der Waals surface area contributed by atoms with Crippen molar-refractivity contribution in [2.24, 2.45) is 5.73 Å². The summed E-state index contributed by atoms with van der Waals surface area (Å²) in [7, 11) is 0. The second kappa shape index (κ2) is 11.4. The first-order valence-electron chi connectivity index (χ1n) is 7.47. The fourth-order valence-electron chi connectivity index (χ4n) is 1.86. The van der Waals surface area contributed by atoms with Crippen LogP contribution in [0.4, 0.5) is 0 Å². The molecule has 1 unspecified atom stereocenters. The van der Waals surface area contributed by atoms with E-state index in [-0.39, 0.29) is 6.10 Å². The zero-order valence-electron chi connectivity index (χ0n) is 13.0. The second-order valence-electron chi connectivity index (χ2n) is 5.14. The Morgan fingerprint density at radius 1 is 1.16 bits per heavy atom. The Kier molecular flexibility index (Phi) is 11.2. The third-order valence-electron chi connectivity index (χ3n) is 3.26. The molecule has 1 heterocycles. The van der Waals surface area contributed by atoms with Crippen LogP contribution in [-0.4, -0.2) is 11.7 Å². The van der Waals surface area contributed by atoms with E-state index in [0.717, 1.165) is 11.4 Å². The van der Waals surface area contributed by atoms with Crippen molar-refractivity contribution in [2.45, 2.75) is 72.3 Å². The summed E-state index contributed by atoms with van der Waals surface area (Å²) in [5.41, 5.74) is 7.86. The number of aliphatic hydroxyl groups excluding tert-OH is 1. The summed E-state index contributed by atoms with van der Waals surface area (Å²) >= 11 is 1.63. The minimum atomic E-state index is -0.307. The number of aryl methyl sites for hydroxylation is 1. The lowest BCUT2D eigenvalue weighted by Crippen LogP contribution is -1.97. The van der Waals surface area contributed by atoms with Crippen molar-refractivity contribution in [3.8, 4) is 0 Å². The Morgan fingerprint density at radius 3 is 2.11 bits per heavy atom. The van der Waals surface area contributed by atoms with Crippen molar-refractivity contribution >= 4 is 11.3 Å². The third kappa shape index (κ3) is 8.40. The molecular formula is C16H31NOS. The molecule has 0 bridgehead atoms. The van der Waals surface area contributed by atoms with Crippen LogP contribution in [0.1, 0.15) is 74.5 Å². The number of hydrogen-bond donors (Lipinski definition) is 2. The predicted octanol–water partition coefficient (Wildman–Crippen LogP) is 4.72. The molecule has 112 valence electrons. The Bertz CT molecular complexity index is 315. The van der Waals surface area contributed by atoms with Gasteiger partial charge >= 0.3 is 0 Å². The maximum atomic E-state index is 9.23. The van der Waals surface area contributed by atoms with Crippen LogP contribution in [0.3, 0.4) is 0 Å². The van der Waals surface area contributed by atoms with E-state index in [9.17, 15) is 5.11 Å². The van der Waals surface area contributed by atoms with Gasteiger partial charge in [0.1, 0.15) is 0 Å². The zero-order chi connectivity index (χ0) is 14.7. The zero-order valence-corrected chi connectivity index (χ0v) is 13.9. The van der Waals surface area contributed by atoms with Crippen molar-refractivity contribution in [3.05, 3.63) is 21.4 Å². The van der Waals surface area contributed by atoms with Crippen LogP contribution < -0.4 is 5.73 Å². The molecule has 0 spiro atoms. The average Bonchev–Trinajstić information content (AvgIpc) is 2.71. The first-order chi connectivity index (χ1) is 9.04. The minimum Gasteiger partial charge on any atom is -0.388 e. The van der Waals surface area contributed by atoms with Crippen molar-refractivity contribution in [3.63, 3.8) is 0 Å². The number of thiophene rings is 1. The van der Waals surface area contributed by atoms with E-state index in [1.807, 2.05) is 6.92 Å². The molecule has 3 heteroatoms. The number of unbranched alkanes of at least 4 members (excludes halogenated alkanes) is 5. The summed E-state index contributed by atoms with van der Waals surface area (Å²) in [4.78, 5) is 1.09. The van der Waals surface area contributed by atoms with Crippen LogP contribution in [0.25, 0.3) is 0 Å². The van der Waals surface area contributed by atoms with E-state index < -0.39 is 0 Å². The maximum Gasteiger partial charge on any atom is 0.0856 e. The van der Waals surface area contributed by atoms with Gasteiger partial charge in [-0.2, -0.15) is 0 Å². The van der Waals surface area contributed by atoms with Gasteiger partial charge in [-0.15, -0.1) is 11.3 Å². The van der Waals surface area contributed by atoms with Gasteiger partial charge in [0.25, 0.3) is 0 Å². The van der Waals surface area contributed by atoms with Gasteiger partial charge in [-0.05, 0) is 50.2 Å². The van der Waals surface area contributed by atoms with Crippen LogP contribution in [0.5, 0.6) is 0 Å². The summed E-state index contributed by atoms with van der Waals surface area (Å²) < 4.78 is 0. The van der Waals surface area contributed by atoms with Crippen LogP contribution in [0, 0.1) is 13.8 Å². The summed E-state index contributed by atoms with van der Waals surface area (Å²) in [5.74, 6) is 0. The van der Waals surface area contributed by atoms with Gasteiger partial charge in [-0.3, -0.25) is 0 Å². The smallest absolute Gasteiger partial charge is 0.0856 e. The summed E-state index contributed by atoms with van der Waals surface area (Å²) in [5, 5.41) is 11.3. The molecular weight excluding hydrogens is 254 g/mol. The molecule has 0 aliphatic heterocycles. The SMILES string of the molecule is CCCCCCCCN.Cc1csc(C(C)O)c1C. The van der Waals surface area contributed by atoms with Gasteiger partial charge in [-0.25, -0.2) is 0 Å². The quantitative estimate of drug-likeness (QED) is 0.712. The van der Waals surface area contributed by atoms with Gasteiger partial charge in [0.05, 0.1) is 6.10 Å². The molecule has 0 aliphatic carbocycles. The highest BCUT2D eigenvalue weighted by Crippen LogP contribution is 2.26. The highest BCUT2D eigenvalue weighted by atomic mass is 32.1. The first kappa shape index (κ1) is 18.6. The number of hydrogen-bond acceptors (Lipinski definition) is 3. The molecule has 0 saturated heterocycles. The monoisotopic (exact) mass is 285 g/mol. The molecule has 0 fully saturated rings. The molecule has 0 aliphatic rings. The molecule has 0 aromatic carbocycles. The van der Waals surface area contributed by atoms with Gasteiger partial charge in [0, 0.05) is 4.88 Å². The van der Waals surface area contributed by atoms with Crippen molar-refractivity contribution in [1.29, 1.82) is 0 Å². The minimum absolute atomic E-state index is 0.307. The third-order valence-corrected chi connectivity index (χ3v) is 4.63. The Morgan fingerprint density at radius 2 is 1.74 bits per heavy atom. The van der Waals surface area contributed by atoms with Crippen molar-refractivity contribution < 1.29 is 5.11 Å². The molecule has 1 aromatic heterocycles. The van der Waals surface area contributed by atoms with E-state index in [2.05, 4.69) is 19.2 Å². The average molecular weight is 285 g/mol. The van der Waals surface area contributed by atoms with Crippen molar-refractivity contribution in [1.82, 2.24) is 0 Å². The predicted molar refractivity (Wildman–Crippen MR) is 86.9 cm³/mol. The standard InChI is InChI=1S/C8H19N.C8H12OS/c1-2-3-4-5-6-7-8-9;1-5-4-10-8(6(5)2)7(3)9/h2-9H2,1H3;4,7,9H,1-3H3. The molecule has 0 amide bonds. The molecule has 3 N–H and O–H groups in total. The molecule has 1 atom stereocenters. The van der Waals surface area contributed by atoms with Gasteiger partial charge < -0.3 is 10.8 Å². The lowest BCUT2D eigenvalue weighted by molar-refractivity contribution is 0.202. The van der Waals surface area contributed by atoms with Gasteiger partial charge in [-0.1, -0.05) is 39.0 Å². The van der Waals surface area contributed by atoms with E-state index in [1.165, 1.54) is 49.7 Å². The molecule has 1 rings (SSSR count). The van der Waals surface area contributed by atoms with Crippen LogP contribution in [0.2, 0.25) is 0 Å². The highest BCUT2D eigenvalue weighted by Gasteiger charge is 2.07. The molecule has 1 aromatic rings. The van der Waals surface area contributed by atoms with E-state index in [1.54, 1.807) is 18.3 Å². The Hall–Kier alpha value is -0.380. The molecule has 19 heavy (non-hydrogen) atoms. The van der Waals surface area contributed by atoms with E-state index in [4.69, 9.17) is 5.73 Å². The van der Waals surface area contributed by atoms with Crippen LogP contribution >= 0.6 is 11.3 Å². The normalized spacial score (nSPS) is 11.9. The van der Waals surface area contributed by atoms with Gasteiger partial charge in [0.2, 0.25) is 0 Å². The van der Waals surface area contributed by atoms with Crippen LogP contribution in [-0.2, 0) is 0 Å². The topological polar surface area (TPSA) is 46.2 Å². The fraction of sp³-hybridized carbons (Fsp3) is 0.750. The first-order valence-corrected chi connectivity index (χ1v) is 8.35. The largest absolute Gasteiger partial charge is 0.388 e. The second-order valence-corrected chi connectivity index (χ2v) is 6.05. The molecule has 0 saturated carbocycles. The lowest BCUT2D eigenvalue weighted by atomic mass is 10.1. The van der Waals surface area contributed by atoms with Crippen molar-refractivity contribution in [2.75, 3.05) is 6.54 Å². The highest BCUT2D eigenvalue weighted by molar-refractivity contribution is 7.10. The molecule has 0 radical (unpaired) electrons. The fourth-order valence-corrected chi connectivity index (χ4v) is 2.87. The van der Waals surface area contributed by atoms with Gasteiger partial charge in [0.15, 0.2) is 0 Å². The number of aliphatic hydroxyl groups is 1. The summed E-state index contributed by atoms with van der Waals surface area (Å²) in [6.45, 7) is 9.03. The molecule has 2 nitrogen and oxygen atoms in total. The Labute approximate surface area is 123 Å². The summed E-state index contributed by atoms with van der Waals surface area (Å²) in [6.07, 6.45) is 7.74.